The molecular weight excluding hydrogens is 338 g/mol. The van der Waals surface area contributed by atoms with Gasteiger partial charge in [-0.25, -0.2) is 8.42 Å². The average Bonchev–Trinajstić information content (AvgIpc) is 2.38. The highest BCUT2D eigenvalue weighted by Gasteiger charge is 2.18. The summed E-state index contributed by atoms with van der Waals surface area (Å²) in [6, 6.07) is 11.1. The smallest absolute Gasteiger partial charge is 0.176 e. The maximum Gasteiger partial charge on any atom is 0.176 e. The molecule has 5 heteroatoms. The van der Waals surface area contributed by atoms with Gasteiger partial charge >= 0.3 is 0 Å². The second kappa shape index (κ2) is 5.68. The van der Waals surface area contributed by atoms with Gasteiger partial charge in [0.15, 0.2) is 9.84 Å². The molecule has 0 aliphatic heterocycles. The first-order chi connectivity index (χ1) is 9.34. The molecule has 2 aromatic rings. The van der Waals surface area contributed by atoms with Crippen LogP contribution in [0.3, 0.4) is 0 Å². The van der Waals surface area contributed by atoms with Crippen LogP contribution in [0.1, 0.15) is 11.1 Å². The van der Waals surface area contributed by atoms with Crippen LogP contribution in [-0.2, 0) is 16.4 Å². The van der Waals surface area contributed by atoms with Crippen molar-refractivity contribution in [2.45, 2.75) is 18.4 Å². The Kier molecular flexibility index (Phi) is 4.32. The van der Waals surface area contributed by atoms with E-state index in [1.165, 1.54) is 6.26 Å². The quantitative estimate of drug-likeness (QED) is 0.920. The molecule has 0 fully saturated rings. The van der Waals surface area contributed by atoms with Gasteiger partial charge < -0.3 is 5.73 Å². The van der Waals surface area contributed by atoms with E-state index in [4.69, 9.17) is 5.73 Å². The Balaban J connectivity index is 2.84. The van der Waals surface area contributed by atoms with Crippen LogP contribution in [0.4, 0.5) is 0 Å². The van der Waals surface area contributed by atoms with E-state index in [9.17, 15) is 8.42 Å². The summed E-state index contributed by atoms with van der Waals surface area (Å²) >= 11 is 3.33. The van der Waals surface area contributed by atoms with E-state index >= 15 is 0 Å². The van der Waals surface area contributed by atoms with E-state index in [0.29, 0.717) is 17.0 Å². The van der Waals surface area contributed by atoms with E-state index < -0.39 is 9.84 Å². The van der Waals surface area contributed by atoms with Crippen molar-refractivity contribution in [3.63, 3.8) is 0 Å². The molecule has 0 amide bonds. The van der Waals surface area contributed by atoms with E-state index in [1.54, 1.807) is 6.07 Å². The maximum absolute atomic E-state index is 12.0. The Labute approximate surface area is 127 Å². The predicted molar refractivity (Wildman–Crippen MR) is 85.3 cm³/mol. The molecule has 106 valence electrons. The number of sulfone groups is 1. The maximum atomic E-state index is 12.0. The van der Waals surface area contributed by atoms with Gasteiger partial charge in [0.25, 0.3) is 0 Å². The van der Waals surface area contributed by atoms with Gasteiger partial charge in [-0.1, -0.05) is 40.2 Å². The monoisotopic (exact) mass is 353 g/mol. The zero-order valence-electron chi connectivity index (χ0n) is 11.4. The zero-order valence-corrected chi connectivity index (χ0v) is 13.8. The fraction of sp³-hybridized carbons (Fsp3) is 0.200. The molecule has 2 aromatic carbocycles. The highest BCUT2D eigenvalue weighted by atomic mass is 79.9. The van der Waals surface area contributed by atoms with Gasteiger partial charge in [-0.15, -0.1) is 0 Å². The number of hydrogen-bond donors (Lipinski definition) is 1. The number of benzene rings is 2. The largest absolute Gasteiger partial charge is 0.326 e. The molecule has 2 rings (SSSR count). The van der Waals surface area contributed by atoms with Crippen molar-refractivity contribution in [2.75, 3.05) is 6.26 Å². The molecule has 0 radical (unpaired) electrons. The van der Waals surface area contributed by atoms with E-state index in [-0.39, 0.29) is 0 Å². The van der Waals surface area contributed by atoms with Gasteiger partial charge in [0.1, 0.15) is 0 Å². The summed E-state index contributed by atoms with van der Waals surface area (Å²) in [4.78, 5) is 0.316. The summed E-state index contributed by atoms with van der Waals surface area (Å²) in [7, 11) is -3.32. The Bertz CT molecular complexity index is 754. The summed E-state index contributed by atoms with van der Waals surface area (Å²) in [5.41, 5.74) is 9.35. The van der Waals surface area contributed by atoms with E-state index in [2.05, 4.69) is 15.9 Å². The third-order valence-electron chi connectivity index (χ3n) is 3.19. The summed E-state index contributed by atoms with van der Waals surface area (Å²) in [6.07, 6.45) is 1.22. The lowest BCUT2D eigenvalue weighted by Crippen LogP contribution is -2.05. The van der Waals surface area contributed by atoms with Crippen molar-refractivity contribution in [1.82, 2.24) is 0 Å². The van der Waals surface area contributed by atoms with Crippen molar-refractivity contribution in [2.24, 2.45) is 5.73 Å². The number of halogens is 1. The topological polar surface area (TPSA) is 60.2 Å². The van der Waals surface area contributed by atoms with Crippen molar-refractivity contribution >= 4 is 25.8 Å². The van der Waals surface area contributed by atoms with Gasteiger partial charge in [0.05, 0.1) is 4.90 Å². The van der Waals surface area contributed by atoms with Crippen LogP contribution in [0.5, 0.6) is 0 Å². The molecule has 0 atom stereocenters. The molecule has 3 nitrogen and oxygen atoms in total. The third-order valence-corrected chi connectivity index (χ3v) is 4.82. The number of hydrogen-bond acceptors (Lipinski definition) is 3. The van der Waals surface area contributed by atoms with Crippen molar-refractivity contribution in [1.29, 1.82) is 0 Å². The van der Waals surface area contributed by atoms with Crippen LogP contribution < -0.4 is 5.73 Å². The van der Waals surface area contributed by atoms with Gasteiger partial charge in [0, 0.05) is 22.8 Å². The van der Waals surface area contributed by atoms with Crippen LogP contribution in [-0.4, -0.2) is 14.7 Å². The highest BCUT2D eigenvalue weighted by molar-refractivity contribution is 9.10. The lowest BCUT2D eigenvalue weighted by molar-refractivity contribution is 0.602. The molecule has 0 saturated heterocycles. The minimum atomic E-state index is -3.32. The first-order valence-electron chi connectivity index (χ1n) is 6.13. The summed E-state index contributed by atoms with van der Waals surface area (Å²) < 4.78 is 24.8. The van der Waals surface area contributed by atoms with Crippen molar-refractivity contribution in [3.8, 4) is 11.1 Å². The Morgan fingerprint density at radius 2 is 1.90 bits per heavy atom. The fourth-order valence-corrected chi connectivity index (χ4v) is 3.72. The first-order valence-corrected chi connectivity index (χ1v) is 8.81. The fourth-order valence-electron chi connectivity index (χ4n) is 2.29. The van der Waals surface area contributed by atoms with Crippen LogP contribution in [0.15, 0.2) is 45.8 Å². The molecule has 0 unspecified atom stereocenters. The van der Waals surface area contributed by atoms with Crippen molar-refractivity contribution < 1.29 is 8.42 Å². The third kappa shape index (κ3) is 2.95. The second-order valence-electron chi connectivity index (χ2n) is 4.73. The van der Waals surface area contributed by atoms with Gasteiger partial charge in [0.2, 0.25) is 0 Å². The predicted octanol–water partition coefficient (Wildman–Crippen LogP) is 3.29. The zero-order chi connectivity index (χ0) is 14.9. The summed E-state index contributed by atoms with van der Waals surface area (Å²) in [5.74, 6) is 0. The normalized spacial score (nSPS) is 11.6. The number of nitrogens with two attached hydrogens (primary N) is 1. The lowest BCUT2D eigenvalue weighted by Gasteiger charge is -2.15. The molecule has 0 bridgehead atoms. The van der Waals surface area contributed by atoms with Gasteiger partial charge in [-0.2, -0.15) is 0 Å². The Morgan fingerprint density at radius 1 is 1.20 bits per heavy atom. The SMILES string of the molecule is Cc1cccc(CN)c1-c1ccc(Br)cc1S(C)(=O)=O. The van der Waals surface area contributed by atoms with Crippen LogP contribution in [0.2, 0.25) is 0 Å². The molecule has 20 heavy (non-hydrogen) atoms. The van der Waals surface area contributed by atoms with E-state index in [1.807, 2.05) is 37.3 Å². The van der Waals surface area contributed by atoms with E-state index in [0.717, 1.165) is 21.2 Å². The number of rotatable bonds is 3. The molecule has 2 N–H and O–H groups in total. The molecule has 0 spiro atoms. The Hall–Kier alpha value is -1.17. The molecule has 0 aliphatic carbocycles. The van der Waals surface area contributed by atoms with Crippen LogP contribution in [0.25, 0.3) is 11.1 Å². The minimum Gasteiger partial charge on any atom is -0.326 e. The second-order valence-corrected chi connectivity index (χ2v) is 7.63. The van der Waals surface area contributed by atoms with Crippen LogP contribution >= 0.6 is 15.9 Å². The van der Waals surface area contributed by atoms with Crippen molar-refractivity contribution in [3.05, 3.63) is 52.0 Å². The molecule has 0 aromatic heterocycles. The Morgan fingerprint density at radius 3 is 2.50 bits per heavy atom. The van der Waals surface area contributed by atoms with Gasteiger partial charge in [-0.05, 0) is 35.7 Å². The van der Waals surface area contributed by atoms with Crippen LogP contribution in [0, 0.1) is 6.92 Å². The highest BCUT2D eigenvalue weighted by Crippen LogP contribution is 2.34. The molecular formula is C15H16BrNO2S. The lowest BCUT2D eigenvalue weighted by atomic mass is 9.95. The molecule has 0 saturated carbocycles. The molecule has 0 aliphatic rings. The first kappa shape index (κ1) is 15.2. The summed E-state index contributed by atoms with van der Waals surface area (Å²) in [6.45, 7) is 2.33. The minimum absolute atomic E-state index is 0.316. The van der Waals surface area contributed by atoms with Gasteiger partial charge in [-0.3, -0.25) is 0 Å². The summed E-state index contributed by atoms with van der Waals surface area (Å²) in [5, 5.41) is 0. The standard InChI is InChI=1S/C15H16BrNO2S/c1-10-4-3-5-11(9-17)15(10)13-7-6-12(16)8-14(13)20(2,18)19/h3-8H,9,17H2,1-2H3. The number of aryl methyl sites for hydroxylation is 1. The average molecular weight is 354 g/mol. The molecule has 0 heterocycles.